The number of hydrogen-bond donors (Lipinski definition) is 3. The Morgan fingerprint density at radius 2 is 1.10 bits per heavy atom. The number of nitrogens with one attached hydrogen (secondary N) is 1. The van der Waals surface area contributed by atoms with Gasteiger partial charge in [0.2, 0.25) is 5.91 Å². The molecule has 0 radical (unpaired) electrons. The topological polar surface area (TPSA) is 125 Å². The van der Waals surface area contributed by atoms with Crippen molar-refractivity contribution in [3.05, 3.63) is 59.9 Å². The summed E-state index contributed by atoms with van der Waals surface area (Å²) in [5, 5.41) is 26.0. The fourth-order valence-corrected chi connectivity index (χ4v) is 9.05. The van der Waals surface area contributed by atoms with Crippen molar-refractivity contribution in [2.75, 3.05) is 33.0 Å². The summed E-state index contributed by atoms with van der Waals surface area (Å²) in [6, 6.07) is 13.2. The van der Waals surface area contributed by atoms with E-state index in [1.165, 1.54) is 75.5 Å². The third-order valence-corrected chi connectivity index (χ3v) is 13.6. The highest BCUT2D eigenvalue weighted by atomic mass is 19.1. The molecule has 3 N–H and O–H groups in total. The van der Waals surface area contributed by atoms with Crippen LogP contribution in [0.3, 0.4) is 0 Å². The summed E-state index contributed by atoms with van der Waals surface area (Å²) >= 11 is 0. The maximum absolute atomic E-state index is 16.3. The number of unbranched alkanes of at least 4 members (excludes halogenated alkanes) is 21. The summed E-state index contributed by atoms with van der Waals surface area (Å²) in [7, 11) is 0. The Labute approximate surface area is 429 Å². The lowest BCUT2D eigenvalue weighted by molar-refractivity contribution is -0.310. The lowest BCUT2D eigenvalue weighted by atomic mass is 9.98. The van der Waals surface area contributed by atoms with Crippen LogP contribution in [0.15, 0.2) is 48.5 Å². The molecule has 12 heteroatoms. The average molecular weight is 1000 g/mol. The van der Waals surface area contributed by atoms with Gasteiger partial charge in [-0.2, -0.15) is 0 Å². The summed E-state index contributed by atoms with van der Waals surface area (Å²) in [5.41, 5.74) is 1.26. The van der Waals surface area contributed by atoms with E-state index in [9.17, 15) is 19.4 Å². The van der Waals surface area contributed by atoms with Crippen molar-refractivity contribution in [2.45, 2.75) is 263 Å². The van der Waals surface area contributed by atoms with E-state index in [1.807, 2.05) is 12.1 Å². The molecule has 10 nitrogen and oxygen atoms in total. The predicted octanol–water partition coefficient (Wildman–Crippen LogP) is 14.2. The monoisotopic (exact) mass is 1000 g/mol. The van der Waals surface area contributed by atoms with Crippen molar-refractivity contribution < 1.29 is 52.2 Å². The first-order valence-corrected chi connectivity index (χ1v) is 28.6. The maximum atomic E-state index is 16.3. The summed E-state index contributed by atoms with van der Waals surface area (Å²) in [6.45, 7) is 9.53. The van der Waals surface area contributed by atoms with Gasteiger partial charge in [0.05, 0.1) is 25.4 Å². The van der Waals surface area contributed by atoms with E-state index in [2.05, 4.69) is 45.1 Å². The van der Waals surface area contributed by atoms with Gasteiger partial charge in [0, 0.05) is 26.2 Å². The van der Waals surface area contributed by atoms with Gasteiger partial charge >= 0.3 is 0 Å². The largest absolute Gasteiger partial charge is 0.457 e. The van der Waals surface area contributed by atoms with Crippen LogP contribution in [-0.2, 0) is 34.9 Å². The van der Waals surface area contributed by atoms with Crippen LogP contribution in [0.2, 0.25) is 0 Å². The average Bonchev–Trinajstić information content (AvgIpc) is 3.37. The first kappa shape index (κ1) is 62.6. The van der Waals surface area contributed by atoms with Crippen LogP contribution in [-0.4, -0.2) is 98.2 Å². The van der Waals surface area contributed by atoms with Crippen molar-refractivity contribution in [1.29, 1.82) is 0 Å². The van der Waals surface area contributed by atoms with Crippen LogP contribution in [0.1, 0.15) is 213 Å². The number of ether oxygens (including phenoxy) is 6. The standard InChI is InChI=1S/C59H99F2NO9/c1-5-9-13-14-15-16-17-18-19-23-26-29-32-52(63)56(65)51(45-69-59-58(68-44-12-8-4)57(67-43-11-7-3)55(61)53(71-59)46-66-42-10-6-2)62-54(64)33-30-27-24-21-20-22-25-28-31-47-34-38-49(39-35-47)70-50-40-36-48(60)37-41-50/h34-41,51-53,55-59,63,65H,5-33,42-46H2,1-4H3,(H,62,64)/t51-,52+,53?,55+,56-,57?,58?,59-/m0/s1. The highest BCUT2D eigenvalue weighted by Gasteiger charge is 2.49. The van der Waals surface area contributed by atoms with Gasteiger partial charge in [-0.1, -0.05) is 175 Å². The smallest absolute Gasteiger partial charge is 0.220 e. The van der Waals surface area contributed by atoms with Crippen molar-refractivity contribution in [1.82, 2.24) is 5.32 Å². The zero-order valence-electron chi connectivity index (χ0n) is 44.8. The number of hydrogen-bond acceptors (Lipinski definition) is 9. The molecule has 8 atom stereocenters. The minimum absolute atomic E-state index is 0.0329. The molecule has 0 bridgehead atoms. The van der Waals surface area contributed by atoms with E-state index >= 15 is 4.39 Å². The molecular formula is C59H99F2NO9. The molecule has 0 spiro atoms. The van der Waals surface area contributed by atoms with Crippen LogP contribution < -0.4 is 10.1 Å². The fraction of sp³-hybridized carbons (Fsp3) is 0.780. The van der Waals surface area contributed by atoms with Gasteiger partial charge in [0.25, 0.3) is 0 Å². The third kappa shape index (κ3) is 28.0. The van der Waals surface area contributed by atoms with E-state index in [1.54, 1.807) is 12.1 Å². The molecule has 1 saturated heterocycles. The Hall–Kier alpha value is -2.71. The highest BCUT2D eigenvalue weighted by Crippen LogP contribution is 2.31. The molecule has 71 heavy (non-hydrogen) atoms. The Balaban J connectivity index is 1.51. The zero-order valence-corrected chi connectivity index (χ0v) is 44.8. The number of alkyl halides is 1. The second kappa shape index (κ2) is 40.6. The molecule has 2 aromatic rings. The lowest BCUT2D eigenvalue weighted by Gasteiger charge is -2.43. The number of benzene rings is 2. The molecule has 1 aliphatic heterocycles. The summed E-state index contributed by atoms with van der Waals surface area (Å²) in [5.74, 6) is 0.839. The third-order valence-electron chi connectivity index (χ3n) is 13.6. The number of carbonyl (C=O) groups is 1. The minimum atomic E-state index is -1.51. The van der Waals surface area contributed by atoms with Crippen LogP contribution in [0.25, 0.3) is 0 Å². The van der Waals surface area contributed by atoms with E-state index in [0.29, 0.717) is 44.8 Å². The predicted molar refractivity (Wildman–Crippen MR) is 282 cm³/mol. The second-order valence-electron chi connectivity index (χ2n) is 20.1. The molecule has 0 aliphatic carbocycles. The number of aliphatic hydroxyl groups is 2. The number of aryl methyl sites for hydroxylation is 1. The molecule has 3 unspecified atom stereocenters. The number of halogens is 2. The maximum Gasteiger partial charge on any atom is 0.220 e. The van der Waals surface area contributed by atoms with Crippen LogP contribution in [0.4, 0.5) is 8.78 Å². The molecule has 0 aromatic heterocycles. The minimum Gasteiger partial charge on any atom is -0.457 e. The second-order valence-corrected chi connectivity index (χ2v) is 20.1. The van der Waals surface area contributed by atoms with E-state index < -0.39 is 49.0 Å². The Bertz CT molecular complexity index is 1550. The van der Waals surface area contributed by atoms with Crippen molar-refractivity contribution in [3.63, 3.8) is 0 Å². The van der Waals surface area contributed by atoms with Crippen LogP contribution >= 0.6 is 0 Å². The van der Waals surface area contributed by atoms with E-state index in [0.717, 1.165) is 115 Å². The SMILES string of the molecule is CCCCCCCCCCCCCC[C@@H](O)[C@@H](O)[C@H](CO[C@H]1OC(COCCCC)[C@@H](F)C(OCCCC)C1OCCCC)NC(=O)CCCCCCCCCCc1ccc(Oc2ccc(F)cc2)cc1. The Morgan fingerprint density at radius 3 is 1.68 bits per heavy atom. The quantitative estimate of drug-likeness (QED) is 0.0556. The molecule has 2 aromatic carbocycles. The van der Waals surface area contributed by atoms with Gasteiger partial charge in [0.1, 0.15) is 41.7 Å². The van der Waals surface area contributed by atoms with Gasteiger partial charge in [-0.15, -0.1) is 0 Å². The van der Waals surface area contributed by atoms with Crippen molar-refractivity contribution in [3.8, 4) is 11.5 Å². The summed E-state index contributed by atoms with van der Waals surface area (Å²) in [4.78, 5) is 13.5. The Morgan fingerprint density at radius 1 is 0.606 bits per heavy atom. The van der Waals surface area contributed by atoms with E-state index in [-0.39, 0.29) is 24.9 Å². The molecule has 0 saturated carbocycles. The van der Waals surface area contributed by atoms with Crippen LogP contribution in [0, 0.1) is 5.82 Å². The van der Waals surface area contributed by atoms with E-state index in [4.69, 9.17) is 28.4 Å². The zero-order chi connectivity index (χ0) is 51.2. The van der Waals surface area contributed by atoms with Gasteiger partial charge in [-0.3, -0.25) is 4.79 Å². The fourth-order valence-electron chi connectivity index (χ4n) is 9.05. The molecule has 1 heterocycles. The normalized spacial score (nSPS) is 19.4. The lowest BCUT2D eigenvalue weighted by Crippen LogP contribution is -2.61. The molecule has 1 fully saturated rings. The number of aliphatic hydroxyl groups excluding tert-OH is 2. The summed E-state index contributed by atoms with van der Waals surface area (Å²) in [6.07, 6.45) is 21.9. The Kier molecular flexibility index (Phi) is 35.8. The molecule has 1 amide bonds. The van der Waals surface area contributed by atoms with Gasteiger partial charge in [-0.05, 0) is 86.9 Å². The summed E-state index contributed by atoms with van der Waals surface area (Å²) < 4.78 is 66.3. The van der Waals surface area contributed by atoms with Gasteiger partial charge in [0.15, 0.2) is 12.5 Å². The first-order chi connectivity index (χ1) is 34.7. The number of carbonyl (C=O) groups excluding carboxylic acids is 1. The molecular weight excluding hydrogens is 905 g/mol. The van der Waals surface area contributed by atoms with Gasteiger partial charge < -0.3 is 44.0 Å². The molecule has 3 rings (SSSR count). The first-order valence-electron chi connectivity index (χ1n) is 28.6. The van der Waals surface area contributed by atoms with Crippen LogP contribution in [0.5, 0.6) is 11.5 Å². The molecule has 1 aliphatic rings. The highest BCUT2D eigenvalue weighted by molar-refractivity contribution is 5.76. The van der Waals surface area contributed by atoms with Crippen molar-refractivity contribution in [2.24, 2.45) is 0 Å². The number of amides is 1. The van der Waals surface area contributed by atoms with Gasteiger partial charge in [-0.25, -0.2) is 8.78 Å². The molecule has 408 valence electrons. The number of rotatable bonds is 45. The van der Waals surface area contributed by atoms with Crippen molar-refractivity contribution >= 4 is 5.91 Å².